The van der Waals surface area contributed by atoms with Crippen molar-refractivity contribution in [1.82, 2.24) is 5.32 Å². The van der Waals surface area contributed by atoms with E-state index in [1.54, 1.807) is 0 Å². The Morgan fingerprint density at radius 1 is 1.53 bits per heavy atom. The summed E-state index contributed by atoms with van der Waals surface area (Å²) in [7, 11) is 0. The number of benzene rings is 1. The maximum Gasteiger partial charge on any atom is 0.263 e. The summed E-state index contributed by atoms with van der Waals surface area (Å²) >= 11 is 1.48. The van der Waals surface area contributed by atoms with Gasteiger partial charge in [0.15, 0.2) is 0 Å². The molecule has 1 aromatic carbocycles. The molecule has 0 radical (unpaired) electrons. The molecule has 100 valence electrons. The van der Waals surface area contributed by atoms with E-state index >= 15 is 0 Å². The summed E-state index contributed by atoms with van der Waals surface area (Å²) in [6, 6.07) is 6.10. The van der Waals surface area contributed by atoms with Gasteiger partial charge in [-0.05, 0) is 36.8 Å². The minimum atomic E-state index is -0.0320. The van der Waals surface area contributed by atoms with E-state index in [0.29, 0.717) is 16.5 Å². The molecule has 2 atom stereocenters. The predicted molar refractivity (Wildman–Crippen MR) is 80.6 cm³/mol. The Morgan fingerprint density at radius 2 is 2.26 bits per heavy atom. The number of fused-ring (bicyclic) bond motifs is 1. The maximum atomic E-state index is 12.2. The fourth-order valence-electron chi connectivity index (χ4n) is 2.38. The molecule has 1 aromatic heterocycles. The van der Waals surface area contributed by atoms with E-state index in [2.05, 4.69) is 18.3 Å². The van der Waals surface area contributed by atoms with Gasteiger partial charge in [0.1, 0.15) is 4.88 Å². The molecule has 1 aliphatic carbocycles. The van der Waals surface area contributed by atoms with Crippen LogP contribution in [0.1, 0.15) is 28.6 Å². The summed E-state index contributed by atoms with van der Waals surface area (Å²) in [5.74, 6) is 1.37. The molecule has 3 N–H and O–H groups in total. The van der Waals surface area contributed by atoms with Crippen LogP contribution in [0.5, 0.6) is 0 Å². The van der Waals surface area contributed by atoms with Crippen molar-refractivity contribution in [1.29, 1.82) is 0 Å². The van der Waals surface area contributed by atoms with Crippen molar-refractivity contribution >= 4 is 33.0 Å². The first kappa shape index (κ1) is 12.5. The van der Waals surface area contributed by atoms with Crippen molar-refractivity contribution in [2.45, 2.75) is 20.3 Å². The van der Waals surface area contributed by atoms with Crippen molar-refractivity contribution in [3.63, 3.8) is 0 Å². The van der Waals surface area contributed by atoms with Crippen LogP contribution in [0, 0.1) is 18.8 Å². The zero-order chi connectivity index (χ0) is 13.6. The lowest BCUT2D eigenvalue weighted by atomic mass is 10.1. The van der Waals surface area contributed by atoms with Gasteiger partial charge in [0.05, 0.1) is 5.69 Å². The van der Waals surface area contributed by atoms with Crippen LogP contribution in [0.25, 0.3) is 10.1 Å². The van der Waals surface area contributed by atoms with E-state index in [1.807, 2.05) is 19.1 Å². The smallest absolute Gasteiger partial charge is 0.263 e. The van der Waals surface area contributed by atoms with Crippen molar-refractivity contribution in [3.05, 3.63) is 28.6 Å². The molecule has 2 unspecified atom stereocenters. The molecule has 0 aliphatic heterocycles. The van der Waals surface area contributed by atoms with Crippen molar-refractivity contribution in [2.75, 3.05) is 12.3 Å². The quantitative estimate of drug-likeness (QED) is 0.903. The third-order valence-corrected chi connectivity index (χ3v) is 5.06. The number of amides is 1. The first-order chi connectivity index (χ1) is 9.06. The van der Waals surface area contributed by atoms with Crippen LogP contribution in [0.3, 0.4) is 0 Å². The molecule has 1 fully saturated rings. The van der Waals surface area contributed by atoms with Crippen molar-refractivity contribution in [3.8, 4) is 0 Å². The Kier molecular flexibility index (Phi) is 2.97. The summed E-state index contributed by atoms with van der Waals surface area (Å²) in [5, 5.41) is 3.99. The predicted octanol–water partition coefficient (Wildman–Crippen LogP) is 3.18. The molecule has 3 rings (SSSR count). The van der Waals surface area contributed by atoms with Gasteiger partial charge >= 0.3 is 0 Å². The number of aryl methyl sites for hydroxylation is 1. The number of nitrogens with one attached hydrogen (secondary N) is 1. The third kappa shape index (κ3) is 2.32. The number of hydrogen-bond donors (Lipinski definition) is 2. The molecule has 3 nitrogen and oxygen atoms in total. The standard InChI is InChI=1S/C15H18N2OS/c1-8-3-4-11-12(5-8)19-14(13(11)16)15(18)17-7-10-6-9(10)2/h3-5,9-10H,6-7,16H2,1-2H3,(H,17,18). The molecular formula is C15H18N2OS. The van der Waals surface area contributed by atoms with Crippen LogP contribution in [-0.2, 0) is 0 Å². The lowest BCUT2D eigenvalue weighted by molar-refractivity contribution is 0.0956. The highest BCUT2D eigenvalue weighted by molar-refractivity contribution is 7.21. The number of carbonyl (C=O) groups excluding carboxylic acids is 1. The Labute approximate surface area is 116 Å². The van der Waals surface area contributed by atoms with Gasteiger partial charge in [-0.25, -0.2) is 0 Å². The molecule has 1 amide bonds. The minimum absolute atomic E-state index is 0.0320. The lowest BCUT2D eigenvalue weighted by Crippen LogP contribution is -2.25. The van der Waals surface area contributed by atoms with Crippen LogP contribution in [0.15, 0.2) is 18.2 Å². The number of nitrogens with two attached hydrogens (primary N) is 1. The van der Waals surface area contributed by atoms with Gasteiger partial charge < -0.3 is 11.1 Å². The first-order valence-corrected chi connectivity index (χ1v) is 7.44. The molecule has 0 saturated heterocycles. The number of rotatable bonds is 3. The third-order valence-electron chi connectivity index (χ3n) is 3.89. The molecule has 1 heterocycles. The second kappa shape index (κ2) is 4.53. The van der Waals surface area contributed by atoms with Crippen LogP contribution in [0.4, 0.5) is 5.69 Å². The zero-order valence-corrected chi connectivity index (χ0v) is 12.0. The molecule has 2 aromatic rings. The number of hydrogen-bond acceptors (Lipinski definition) is 3. The van der Waals surface area contributed by atoms with E-state index in [9.17, 15) is 4.79 Å². The van der Waals surface area contributed by atoms with E-state index in [1.165, 1.54) is 23.3 Å². The fourth-order valence-corrected chi connectivity index (χ4v) is 3.52. The molecule has 0 bridgehead atoms. The van der Waals surface area contributed by atoms with Gasteiger partial charge in [0.2, 0.25) is 0 Å². The zero-order valence-electron chi connectivity index (χ0n) is 11.2. The molecule has 19 heavy (non-hydrogen) atoms. The highest BCUT2D eigenvalue weighted by Gasteiger charge is 2.32. The van der Waals surface area contributed by atoms with E-state index in [0.717, 1.165) is 22.5 Å². The summed E-state index contributed by atoms with van der Waals surface area (Å²) < 4.78 is 1.09. The molecule has 1 saturated carbocycles. The van der Waals surface area contributed by atoms with Gasteiger partial charge in [0, 0.05) is 16.6 Å². The van der Waals surface area contributed by atoms with Crippen LogP contribution < -0.4 is 11.1 Å². The monoisotopic (exact) mass is 274 g/mol. The van der Waals surface area contributed by atoms with Crippen LogP contribution in [-0.4, -0.2) is 12.5 Å². The van der Waals surface area contributed by atoms with E-state index in [-0.39, 0.29) is 5.91 Å². The summed E-state index contributed by atoms with van der Waals surface area (Å²) in [5.41, 5.74) is 7.89. The number of carbonyl (C=O) groups is 1. The first-order valence-electron chi connectivity index (χ1n) is 6.63. The van der Waals surface area contributed by atoms with E-state index < -0.39 is 0 Å². The van der Waals surface area contributed by atoms with Gasteiger partial charge in [0.25, 0.3) is 5.91 Å². The highest BCUT2D eigenvalue weighted by Crippen LogP contribution is 2.37. The molecule has 4 heteroatoms. The normalized spacial score (nSPS) is 21.6. The second-order valence-electron chi connectivity index (χ2n) is 5.53. The minimum Gasteiger partial charge on any atom is -0.397 e. The highest BCUT2D eigenvalue weighted by atomic mass is 32.1. The van der Waals surface area contributed by atoms with Gasteiger partial charge in [-0.2, -0.15) is 0 Å². The van der Waals surface area contributed by atoms with Gasteiger partial charge in [-0.1, -0.05) is 19.1 Å². The van der Waals surface area contributed by atoms with Gasteiger partial charge in [-0.15, -0.1) is 11.3 Å². The average molecular weight is 274 g/mol. The molecule has 0 spiro atoms. The van der Waals surface area contributed by atoms with Crippen LogP contribution in [0.2, 0.25) is 0 Å². The summed E-state index contributed by atoms with van der Waals surface area (Å²) in [6.07, 6.45) is 1.22. The molecule has 1 aliphatic rings. The average Bonchev–Trinajstić information content (AvgIpc) is 2.98. The number of nitrogen functional groups attached to an aromatic ring is 1. The summed E-state index contributed by atoms with van der Waals surface area (Å²) in [6.45, 7) is 5.03. The number of anilines is 1. The topological polar surface area (TPSA) is 55.1 Å². The Balaban J connectivity index is 1.83. The Bertz CT molecular complexity index is 647. The lowest BCUT2D eigenvalue weighted by Gasteiger charge is -2.03. The van der Waals surface area contributed by atoms with Gasteiger partial charge in [-0.3, -0.25) is 4.79 Å². The SMILES string of the molecule is Cc1ccc2c(N)c(C(=O)NCC3CC3C)sc2c1. The Hall–Kier alpha value is -1.55. The Morgan fingerprint density at radius 3 is 2.95 bits per heavy atom. The largest absolute Gasteiger partial charge is 0.397 e. The van der Waals surface area contributed by atoms with Crippen molar-refractivity contribution < 1.29 is 4.79 Å². The molecular weight excluding hydrogens is 256 g/mol. The second-order valence-corrected chi connectivity index (χ2v) is 6.58. The summed E-state index contributed by atoms with van der Waals surface area (Å²) in [4.78, 5) is 12.8. The maximum absolute atomic E-state index is 12.2. The van der Waals surface area contributed by atoms with Crippen LogP contribution >= 0.6 is 11.3 Å². The van der Waals surface area contributed by atoms with Crippen molar-refractivity contribution in [2.24, 2.45) is 11.8 Å². The van der Waals surface area contributed by atoms with E-state index in [4.69, 9.17) is 5.73 Å². The number of thiophene rings is 1. The fraction of sp³-hybridized carbons (Fsp3) is 0.400.